The number of nitrogens with one attached hydrogen (secondary N) is 1. The van der Waals surface area contributed by atoms with Gasteiger partial charge in [0.25, 0.3) is 0 Å². The lowest BCUT2D eigenvalue weighted by Crippen LogP contribution is -2.57. The minimum absolute atomic E-state index is 0.203. The van der Waals surface area contributed by atoms with Crippen molar-refractivity contribution in [3.63, 3.8) is 0 Å². The molecule has 0 atom stereocenters. The minimum atomic E-state index is -2.68. The molecule has 1 saturated heterocycles. The molecular weight excluding hydrogens is 318 g/mol. The number of benzene rings is 1. The highest BCUT2D eigenvalue weighted by molar-refractivity contribution is 5.86. The highest BCUT2D eigenvalue weighted by Gasteiger charge is 2.35. The van der Waals surface area contributed by atoms with E-state index in [0.717, 1.165) is 4.57 Å². The lowest BCUT2D eigenvalue weighted by atomic mass is 9.90. The number of carbonyl (C=O) groups excluding carboxylic acids is 1. The van der Waals surface area contributed by atoms with E-state index >= 15 is 0 Å². The van der Waals surface area contributed by atoms with Crippen LogP contribution in [0.2, 0.25) is 0 Å². The smallest absolute Gasteiger partial charge is 0.320 e. The summed E-state index contributed by atoms with van der Waals surface area (Å²) in [5, 5.41) is 2.73. The van der Waals surface area contributed by atoms with Gasteiger partial charge in [0.2, 0.25) is 5.91 Å². The summed E-state index contributed by atoms with van der Waals surface area (Å²) >= 11 is 0. The number of carbonyl (C=O) groups is 1. The fourth-order valence-corrected chi connectivity index (χ4v) is 2.92. The number of para-hydroxylation sites is 2. The monoisotopic (exact) mass is 338 g/mol. The average Bonchev–Trinajstić information content (AvgIpc) is 2.93. The summed E-state index contributed by atoms with van der Waals surface area (Å²) < 4.78 is 32.8. The Bertz CT molecular complexity index is 726. The molecule has 0 saturated carbocycles. The van der Waals surface area contributed by atoms with Gasteiger partial charge < -0.3 is 15.8 Å². The SMILES string of the molecule is NC1(C(=O)NCCc2nc3ccccc3n2C(F)F)CCOCC1. The van der Waals surface area contributed by atoms with Gasteiger partial charge in [0, 0.05) is 26.2 Å². The van der Waals surface area contributed by atoms with Crippen molar-refractivity contribution in [1.82, 2.24) is 14.9 Å². The number of nitrogens with two attached hydrogens (primary N) is 1. The van der Waals surface area contributed by atoms with E-state index in [1.165, 1.54) is 0 Å². The van der Waals surface area contributed by atoms with Crippen LogP contribution in [0.4, 0.5) is 8.78 Å². The Morgan fingerprint density at radius 3 is 2.79 bits per heavy atom. The fraction of sp³-hybridized carbons (Fsp3) is 0.500. The number of aromatic nitrogens is 2. The van der Waals surface area contributed by atoms with Gasteiger partial charge in [-0.25, -0.2) is 4.98 Å². The molecular formula is C16H20F2N4O2. The Labute approximate surface area is 138 Å². The first-order valence-electron chi connectivity index (χ1n) is 7.90. The number of hydrogen-bond acceptors (Lipinski definition) is 4. The number of nitrogens with zero attached hydrogens (tertiary/aromatic N) is 2. The third-order valence-corrected chi connectivity index (χ3v) is 4.34. The topological polar surface area (TPSA) is 82.2 Å². The molecule has 0 bridgehead atoms. The molecule has 8 heteroatoms. The molecule has 3 N–H and O–H groups in total. The lowest BCUT2D eigenvalue weighted by molar-refractivity contribution is -0.129. The van der Waals surface area contributed by atoms with Gasteiger partial charge in [-0.2, -0.15) is 8.78 Å². The van der Waals surface area contributed by atoms with Crippen molar-refractivity contribution in [2.45, 2.75) is 31.4 Å². The number of rotatable bonds is 5. The second-order valence-electron chi connectivity index (χ2n) is 5.94. The van der Waals surface area contributed by atoms with E-state index in [1.54, 1.807) is 24.3 Å². The molecule has 3 rings (SSSR count). The maximum atomic E-state index is 13.3. The molecule has 6 nitrogen and oxygen atoms in total. The van der Waals surface area contributed by atoms with Gasteiger partial charge in [-0.15, -0.1) is 0 Å². The van der Waals surface area contributed by atoms with Crippen LogP contribution in [-0.4, -0.2) is 40.8 Å². The third kappa shape index (κ3) is 3.25. The van der Waals surface area contributed by atoms with Crippen LogP contribution in [-0.2, 0) is 16.0 Å². The standard InChI is InChI=1S/C16H20F2N4O2/c17-15(18)22-12-4-2-1-3-11(12)21-13(22)5-8-20-14(23)16(19)6-9-24-10-7-16/h1-4,15H,5-10,19H2,(H,20,23). The second kappa shape index (κ2) is 6.82. The average molecular weight is 338 g/mol. The van der Waals surface area contributed by atoms with Crippen molar-refractivity contribution in [3.8, 4) is 0 Å². The molecule has 1 aliphatic rings. The second-order valence-corrected chi connectivity index (χ2v) is 5.94. The van der Waals surface area contributed by atoms with Crippen molar-refractivity contribution in [2.24, 2.45) is 5.73 Å². The number of hydrogen-bond donors (Lipinski definition) is 2. The summed E-state index contributed by atoms with van der Waals surface area (Å²) in [6, 6.07) is 6.73. The van der Waals surface area contributed by atoms with E-state index in [4.69, 9.17) is 10.5 Å². The predicted molar refractivity (Wildman–Crippen MR) is 84.7 cm³/mol. The summed E-state index contributed by atoms with van der Waals surface area (Å²) in [5.74, 6) is -0.0324. The number of alkyl halides is 2. The maximum absolute atomic E-state index is 13.3. The maximum Gasteiger partial charge on any atom is 0.320 e. The van der Waals surface area contributed by atoms with Crippen molar-refractivity contribution >= 4 is 16.9 Å². The summed E-state index contributed by atoms with van der Waals surface area (Å²) in [4.78, 5) is 16.5. The van der Waals surface area contributed by atoms with E-state index in [9.17, 15) is 13.6 Å². The Morgan fingerprint density at radius 2 is 2.08 bits per heavy atom. The zero-order chi connectivity index (χ0) is 17.2. The van der Waals surface area contributed by atoms with Crippen LogP contribution in [0.5, 0.6) is 0 Å². The van der Waals surface area contributed by atoms with Gasteiger partial charge in [0.1, 0.15) is 5.82 Å². The van der Waals surface area contributed by atoms with Gasteiger partial charge in [-0.3, -0.25) is 9.36 Å². The molecule has 1 aromatic carbocycles. The Kier molecular flexibility index (Phi) is 4.77. The van der Waals surface area contributed by atoms with Gasteiger partial charge in [0.15, 0.2) is 0 Å². The van der Waals surface area contributed by atoms with Crippen LogP contribution in [0.15, 0.2) is 24.3 Å². The Morgan fingerprint density at radius 1 is 1.38 bits per heavy atom. The van der Waals surface area contributed by atoms with Crippen LogP contribution >= 0.6 is 0 Å². The van der Waals surface area contributed by atoms with Crippen LogP contribution < -0.4 is 11.1 Å². The van der Waals surface area contributed by atoms with Gasteiger partial charge in [0.05, 0.1) is 16.6 Å². The third-order valence-electron chi connectivity index (χ3n) is 4.34. The largest absolute Gasteiger partial charge is 0.381 e. The van der Waals surface area contributed by atoms with Gasteiger partial charge in [-0.05, 0) is 25.0 Å². The number of fused-ring (bicyclic) bond motifs is 1. The molecule has 0 radical (unpaired) electrons. The van der Waals surface area contributed by atoms with E-state index < -0.39 is 12.1 Å². The zero-order valence-electron chi connectivity index (χ0n) is 13.2. The quantitative estimate of drug-likeness (QED) is 0.867. The minimum Gasteiger partial charge on any atom is -0.381 e. The number of amides is 1. The molecule has 1 fully saturated rings. The van der Waals surface area contributed by atoms with Crippen molar-refractivity contribution in [2.75, 3.05) is 19.8 Å². The zero-order valence-corrected chi connectivity index (χ0v) is 13.2. The van der Waals surface area contributed by atoms with E-state index in [0.29, 0.717) is 37.1 Å². The van der Waals surface area contributed by atoms with Gasteiger partial charge >= 0.3 is 6.55 Å². The molecule has 0 aliphatic carbocycles. The first-order valence-corrected chi connectivity index (χ1v) is 7.90. The summed E-state index contributed by atoms with van der Waals surface area (Å²) in [6.45, 7) is -1.58. The summed E-state index contributed by atoms with van der Waals surface area (Å²) in [5.41, 5.74) is 6.04. The Hall–Kier alpha value is -2.06. The van der Waals surface area contributed by atoms with Crippen molar-refractivity contribution in [1.29, 1.82) is 0 Å². The molecule has 0 unspecified atom stereocenters. The number of ether oxygens (including phenoxy) is 1. The lowest BCUT2D eigenvalue weighted by Gasteiger charge is -2.31. The van der Waals surface area contributed by atoms with E-state index in [1.807, 2.05) is 0 Å². The van der Waals surface area contributed by atoms with E-state index in [2.05, 4.69) is 10.3 Å². The highest BCUT2D eigenvalue weighted by Crippen LogP contribution is 2.23. The van der Waals surface area contributed by atoms with Crippen molar-refractivity contribution in [3.05, 3.63) is 30.1 Å². The highest BCUT2D eigenvalue weighted by atomic mass is 19.3. The normalized spacial score (nSPS) is 17.3. The number of imidazole rings is 1. The molecule has 1 aromatic heterocycles. The van der Waals surface area contributed by atoms with Crippen molar-refractivity contribution < 1.29 is 18.3 Å². The molecule has 2 heterocycles. The predicted octanol–water partition coefficient (Wildman–Crippen LogP) is 1.60. The molecule has 24 heavy (non-hydrogen) atoms. The first kappa shape index (κ1) is 16.8. The molecule has 1 aliphatic heterocycles. The van der Waals surface area contributed by atoms with E-state index in [-0.39, 0.29) is 24.7 Å². The number of halogens is 2. The molecule has 0 spiro atoms. The van der Waals surface area contributed by atoms with Gasteiger partial charge in [-0.1, -0.05) is 12.1 Å². The summed E-state index contributed by atoms with van der Waals surface area (Å²) in [7, 11) is 0. The fourth-order valence-electron chi connectivity index (χ4n) is 2.92. The first-order chi connectivity index (χ1) is 11.5. The van der Waals surface area contributed by atoms with Crippen LogP contribution in [0.3, 0.4) is 0 Å². The molecule has 130 valence electrons. The Balaban J connectivity index is 1.67. The van der Waals surface area contributed by atoms with Crippen LogP contribution in [0.1, 0.15) is 25.2 Å². The molecule has 1 amide bonds. The molecule has 2 aromatic rings. The van der Waals surface area contributed by atoms with Crippen LogP contribution in [0, 0.1) is 0 Å². The summed E-state index contributed by atoms with van der Waals surface area (Å²) in [6.07, 6.45) is 1.11. The van der Waals surface area contributed by atoms with Crippen LogP contribution in [0.25, 0.3) is 11.0 Å².